The molecular formula is C15H21N3O2S2. The highest BCUT2D eigenvalue weighted by Gasteiger charge is 2.23. The number of likely N-dealkylation sites (tertiary alicyclic amines) is 1. The summed E-state index contributed by atoms with van der Waals surface area (Å²) in [5.74, 6) is 0.407. The molecule has 0 saturated carbocycles. The van der Waals surface area contributed by atoms with E-state index in [2.05, 4.69) is 21.5 Å². The Labute approximate surface area is 135 Å². The third-order valence-corrected chi connectivity index (χ3v) is 6.51. The van der Waals surface area contributed by atoms with Crippen molar-refractivity contribution < 1.29 is 8.42 Å². The zero-order valence-electron chi connectivity index (χ0n) is 12.9. The molecule has 1 atom stereocenters. The van der Waals surface area contributed by atoms with Crippen LogP contribution < -0.4 is 4.72 Å². The Balaban J connectivity index is 1.71. The lowest BCUT2D eigenvalue weighted by atomic mass is 10.1. The lowest BCUT2D eigenvalue weighted by molar-refractivity contribution is 0.342. The van der Waals surface area contributed by atoms with Crippen molar-refractivity contribution in [3.63, 3.8) is 0 Å². The van der Waals surface area contributed by atoms with Crippen molar-refractivity contribution in [2.75, 3.05) is 26.2 Å². The fraction of sp³-hybridized carbons (Fsp3) is 0.533. The number of benzene rings is 1. The zero-order chi connectivity index (χ0) is 15.7. The summed E-state index contributed by atoms with van der Waals surface area (Å²) >= 11 is 1.52. The third kappa shape index (κ3) is 3.32. The van der Waals surface area contributed by atoms with Gasteiger partial charge in [0, 0.05) is 13.1 Å². The second-order valence-corrected chi connectivity index (χ2v) is 8.76. The monoisotopic (exact) mass is 339 g/mol. The minimum absolute atomic E-state index is 0.328. The predicted octanol–water partition coefficient (Wildman–Crippen LogP) is 2.22. The van der Waals surface area contributed by atoms with E-state index >= 15 is 0 Å². The number of aromatic nitrogens is 1. The molecule has 22 heavy (non-hydrogen) atoms. The highest BCUT2D eigenvalue weighted by molar-refractivity contribution is 7.89. The molecule has 5 nitrogen and oxygen atoms in total. The fourth-order valence-corrected chi connectivity index (χ4v) is 4.95. The van der Waals surface area contributed by atoms with Gasteiger partial charge in [-0.2, -0.15) is 0 Å². The number of sulfonamides is 1. The number of fused-ring (bicyclic) bond motifs is 1. The van der Waals surface area contributed by atoms with Crippen molar-refractivity contribution in [3.8, 4) is 0 Å². The van der Waals surface area contributed by atoms with Crippen LogP contribution in [0.3, 0.4) is 0 Å². The number of aryl methyl sites for hydroxylation is 1. The van der Waals surface area contributed by atoms with Gasteiger partial charge in [0.05, 0.1) is 20.1 Å². The molecule has 2 heterocycles. The van der Waals surface area contributed by atoms with Crippen molar-refractivity contribution in [3.05, 3.63) is 23.2 Å². The summed E-state index contributed by atoms with van der Waals surface area (Å²) in [6.07, 6.45) is 1.06. The van der Waals surface area contributed by atoms with E-state index in [4.69, 9.17) is 0 Å². The highest BCUT2D eigenvalue weighted by Crippen LogP contribution is 2.24. The van der Waals surface area contributed by atoms with Gasteiger partial charge in [-0.3, -0.25) is 0 Å². The van der Waals surface area contributed by atoms with Crippen LogP contribution in [0.4, 0.5) is 0 Å². The van der Waals surface area contributed by atoms with Gasteiger partial charge in [0.2, 0.25) is 10.0 Å². The minimum Gasteiger partial charge on any atom is -0.303 e. The molecule has 0 amide bonds. The van der Waals surface area contributed by atoms with E-state index in [-0.39, 0.29) is 0 Å². The second-order valence-electron chi connectivity index (χ2n) is 5.76. The van der Waals surface area contributed by atoms with Crippen LogP contribution in [0.15, 0.2) is 23.1 Å². The van der Waals surface area contributed by atoms with Crippen LogP contribution in [0, 0.1) is 12.8 Å². The summed E-state index contributed by atoms with van der Waals surface area (Å²) in [5, 5.41) is 0.947. The normalized spacial score (nSPS) is 20.0. The second kappa shape index (κ2) is 6.23. The molecule has 3 rings (SSSR count). The number of hydrogen-bond acceptors (Lipinski definition) is 5. The first-order valence-corrected chi connectivity index (χ1v) is 9.87. The van der Waals surface area contributed by atoms with Crippen LogP contribution in [-0.2, 0) is 10.0 Å². The van der Waals surface area contributed by atoms with Crippen molar-refractivity contribution in [2.45, 2.75) is 25.2 Å². The maximum atomic E-state index is 12.4. The van der Waals surface area contributed by atoms with E-state index in [9.17, 15) is 8.42 Å². The molecule has 1 aromatic heterocycles. The van der Waals surface area contributed by atoms with Crippen LogP contribution in [0.1, 0.15) is 18.4 Å². The largest absolute Gasteiger partial charge is 0.303 e. The first-order chi connectivity index (χ1) is 10.5. The smallest absolute Gasteiger partial charge is 0.240 e. The molecule has 1 aromatic carbocycles. The van der Waals surface area contributed by atoms with Gasteiger partial charge in [-0.25, -0.2) is 18.1 Å². The van der Waals surface area contributed by atoms with Crippen LogP contribution in [0.5, 0.6) is 0 Å². The maximum Gasteiger partial charge on any atom is 0.240 e. The number of nitrogens with zero attached hydrogens (tertiary/aromatic N) is 2. The van der Waals surface area contributed by atoms with E-state index in [1.165, 1.54) is 11.3 Å². The Hall–Kier alpha value is -1.02. The zero-order valence-corrected chi connectivity index (χ0v) is 14.5. The summed E-state index contributed by atoms with van der Waals surface area (Å²) in [6.45, 7) is 7.65. The Morgan fingerprint density at radius 1 is 1.45 bits per heavy atom. The third-order valence-electron chi connectivity index (χ3n) is 4.16. The average Bonchev–Trinajstić information content (AvgIpc) is 3.09. The molecule has 120 valence electrons. The molecule has 7 heteroatoms. The number of nitrogens with one attached hydrogen (secondary N) is 1. The fourth-order valence-electron chi connectivity index (χ4n) is 2.86. The van der Waals surface area contributed by atoms with Gasteiger partial charge in [-0.1, -0.05) is 6.92 Å². The molecule has 0 radical (unpaired) electrons. The first-order valence-electron chi connectivity index (χ1n) is 7.57. The van der Waals surface area contributed by atoms with Crippen LogP contribution in [0.2, 0.25) is 0 Å². The SMILES string of the molecule is CCN1CCC(CNS(=O)(=O)c2ccc3nc(C)sc3c2)C1. The van der Waals surface area contributed by atoms with Gasteiger partial charge in [-0.05, 0) is 50.6 Å². The van der Waals surface area contributed by atoms with Crippen LogP contribution in [0.25, 0.3) is 10.2 Å². The molecule has 1 fully saturated rings. The van der Waals surface area contributed by atoms with E-state index in [1.54, 1.807) is 18.2 Å². The standard InChI is InChI=1S/C15H21N3O2S2/c1-3-18-7-6-12(10-18)9-16-22(19,20)13-4-5-14-15(8-13)21-11(2)17-14/h4-5,8,12,16H,3,6-7,9-10H2,1-2H3. The van der Waals surface area contributed by atoms with E-state index in [1.807, 2.05) is 6.92 Å². The molecule has 1 aliphatic heterocycles. The average molecular weight is 339 g/mol. The summed E-state index contributed by atoms with van der Waals surface area (Å²) < 4.78 is 28.6. The van der Waals surface area contributed by atoms with Gasteiger partial charge in [0.25, 0.3) is 0 Å². The number of rotatable bonds is 5. The van der Waals surface area contributed by atoms with E-state index < -0.39 is 10.0 Å². The van der Waals surface area contributed by atoms with Gasteiger partial charge >= 0.3 is 0 Å². The molecule has 0 bridgehead atoms. The van der Waals surface area contributed by atoms with Crippen molar-refractivity contribution >= 4 is 31.6 Å². The van der Waals surface area contributed by atoms with Gasteiger partial charge in [0.1, 0.15) is 0 Å². The van der Waals surface area contributed by atoms with Crippen molar-refractivity contribution in [1.82, 2.24) is 14.6 Å². The molecule has 1 saturated heterocycles. The van der Waals surface area contributed by atoms with Gasteiger partial charge in [-0.15, -0.1) is 11.3 Å². The summed E-state index contributed by atoms with van der Waals surface area (Å²) in [7, 11) is -3.44. The maximum absolute atomic E-state index is 12.4. The topological polar surface area (TPSA) is 62.3 Å². The van der Waals surface area contributed by atoms with Crippen molar-refractivity contribution in [1.29, 1.82) is 0 Å². The molecule has 0 aliphatic carbocycles. The molecule has 1 N–H and O–H groups in total. The first kappa shape index (κ1) is 15.9. The quantitative estimate of drug-likeness (QED) is 0.907. The molecule has 1 aliphatic rings. The molecular weight excluding hydrogens is 318 g/mol. The van der Waals surface area contributed by atoms with Gasteiger partial charge in [0.15, 0.2) is 0 Å². The van der Waals surface area contributed by atoms with Gasteiger partial charge < -0.3 is 4.90 Å². The molecule has 2 aromatic rings. The van der Waals surface area contributed by atoms with Crippen LogP contribution in [-0.4, -0.2) is 44.5 Å². The summed E-state index contributed by atoms with van der Waals surface area (Å²) in [4.78, 5) is 7.04. The minimum atomic E-state index is -3.44. The Kier molecular flexibility index (Phi) is 4.49. The Morgan fingerprint density at radius 2 is 2.27 bits per heavy atom. The Bertz CT molecular complexity index is 770. The van der Waals surface area contributed by atoms with E-state index in [0.717, 1.165) is 41.3 Å². The van der Waals surface area contributed by atoms with E-state index in [0.29, 0.717) is 17.4 Å². The molecule has 0 spiro atoms. The van der Waals surface area contributed by atoms with Crippen molar-refractivity contribution in [2.24, 2.45) is 5.92 Å². The number of thiazole rings is 1. The highest BCUT2D eigenvalue weighted by atomic mass is 32.2. The van der Waals surface area contributed by atoms with Crippen LogP contribution >= 0.6 is 11.3 Å². The lowest BCUT2D eigenvalue weighted by Gasteiger charge is -2.14. The molecule has 1 unspecified atom stereocenters. The Morgan fingerprint density at radius 3 is 3.00 bits per heavy atom. The summed E-state index contributed by atoms with van der Waals surface area (Å²) in [5.41, 5.74) is 0.857. The summed E-state index contributed by atoms with van der Waals surface area (Å²) in [6, 6.07) is 5.13. The lowest BCUT2D eigenvalue weighted by Crippen LogP contribution is -2.31. The number of hydrogen-bond donors (Lipinski definition) is 1. The predicted molar refractivity (Wildman–Crippen MR) is 89.8 cm³/mol.